The Morgan fingerprint density at radius 3 is 2.60 bits per heavy atom. The van der Waals surface area contributed by atoms with Gasteiger partial charge in [-0.05, 0) is 68.3 Å². The molecule has 20 heavy (non-hydrogen) atoms. The molecule has 0 aliphatic carbocycles. The van der Waals surface area contributed by atoms with E-state index in [4.69, 9.17) is 15.2 Å². The minimum absolute atomic E-state index is 0.0984. The summed E-state index contributed by atoms with van der Waals surface area (Å²) in [4.78, 5) is 0. The molecule has 0 bridgehead atoms. The van der Waals surface area contributed by atoms with Crippen molar-refractivity contribution in [3.05, 3.63) is 0 Å². The molecule has 3 aliphatic rings. The number of ether oxygens (including phenoxy) is 2. The van der Waals surface area contributed by atoms with Crippen molar-refractivity contribution in [3.8, 4) is 0 Å². The van der Waals surface area contributed by atoms with Gasteiger partial charge >= 0.3 is 0 Å². The average molecular weight is 299 g/mol. The van der Waals surface area contributed by atoms with E-state index in [2.05, 4.69) is 11.8 Å². The predicted molar refractivity (Wildman–Crippen MR) is 84.1 cm³/mol. The molecule has 0 saturated carbocycles. The van der Waals surface area contributed by atoms with E-state index in [0.29, 0.717) is 12.0 Å². The van der Waals surface area contributed by atoms with Crippen LogP contribution in [0.5, 0.6) is 0 Å². The van der Waals surface area contributed by atoms with Crippen molar-refractivity contribution in [2.75, 3.05) is 31.3 Å². The van der Waals surface area contributed by atoms with Crippen molar-refractivity contribution in [3.63, 3.8) is 0 Å². The van der Waals surface area contributed by atoms with Crippen molar-refractivity contribution >= 4 is 11.8 Å². The van der Waals surface area contributed by atoms with Crippen LogP contribution in [0.15, 0.2) is 0 Å². The molecule has 2 unspecified atom stereocenters. The minimum Gasteiger partial charge on any atom is -0.381 e. The number of hydrogen-bond donors (Lipinski definition) is 1. The van der Waals surface area contributed by atoms with Gasteiger partial charge in [-0.25, -0.2) is 0 Å². The second-order valence-corrected chi connectivity index (χ2v) is 8.08. The topological polar surface area (TPSA) is 44.5 Å². The second kappa shape index (κ2) is 6.99. The predicted octanol–water partition coefficient (Wildman–Crippen LogP) is 2.82. The average Bonchev–Trinajstić information content (AvgIpc) is 2.49. The summed E-state index contributed by atoms with van der Waals surface area (Å²) in [6.07, 6.45) is 8.44. The molecule has 0 amide bonds. The third-order valence-corrected chi connectivity index (χ3v) is 6.54. The molecule has 3 saturated heterocycles. The smallest absolute Gasteiger partial charge is 0.0729 e. The number of rotatable bonds is 3. The van der Waals surface area contributed by atoms with Crippen LogP contribution < -0.4 is 5.73 Å². The highest BCUT2D eigenvalue weighted by molar-refractivity contribution is 7.99. The Bertz CT molecular complexity index is 295. The van der Waals surface area contributed by atoms with E-state index in [1.54, 1.807) is 0 Å². The lowest BCUT2D eigenvalue weighted by atomic mass is 9.76. The molecule has 0 aromatic rings. The normalized spacial score (nSPS) is 33.1. The third-order valence-electron chi connectivity index (χ3n) is 5.49. The van der Waals surface area contributed by atoms with E-state index in [-0.39, 0.29) is 5.60 Å². The van der Waals surface area contributed by atoms with Crippen LogP contribution in [0.25, 0.3) is 0 Å². The molecule has 0 aromatic heterocycles. The monoisotopic (exact) mass is 299 g/mol. The molecule has 3 heterocycles. The van der Waals surface area contributed by atoms with Gasteiger partial charge in [0.05, 0.1) is 5.60 Å². The first kappa shape index (κ1) is 15.1. The van der Waals surface area contributed by atoms with Gasteiger partial charge in [0.2, 0.25) is 0 Å². The van der Waals surface area contributed by atoms with E-state index in [0.717, 1.165) is 45.0 Å². The van der Waals surface area contributed by atoms with Crippen molar-refractivity contribution in [2.45, 2.75) is 56.6 Å². The van der Waals surface area contributed by atoms with Crippen molar-refractivity contribution < 1.29 is 9.47 Å². The molecule has 1 spiro atoms. The first-order valence-electron chi connectivity index (χ1n) is 8.32. The molecule has 3 aliphatic heterocycles. The van der Waals surface area contributed by atoms with Crippen LogP contribution in [0.2, 0.25) is 0 Å². The maximum absolute atomic E-state index is 6.58. The van der Waals surface area contributed by atoms with Gasteiger partial charge in [-0.2, -0.15) is 11.8 Å². The summed E-state index contributed by atoms with van der Waals surface area (Å²) in [5.41, 5.74) is 6.67. The van der Waals surface area contributed by atoms with Crippen LogP contribution in [0.1, 0.15) is 44.9 Å². The van der Waals surface area contributed by atoms with Gasteiger partial charge in [-0.15, -0.1) is 0 Å². The Morgan fingerprint density at radius 1 is 1.10 bits per heavy atom. The van der Waals surface area contributed by atoms with Crippen molar-refractivity contribution in [1.29, 1.82) is 0 Å². The zero-order valence-electron chi connectivity index (χ0n) is 12.5. The lowest BCUT2D eigenvalue weighted by Gasteiger charge is -2.45. The maximum Gasteiger partial charge on any atom is 0.0729 e. The summed E-state index contributed by atoms with van der Waals surface area (Å²) in [5.74, 6) is 4.22. The SMILES string of the molecule is NC(CC1CCSCC1)C1CCOC2(CCOCC2)C1. The third kappa shape index (κ3) is 3.70. The fraction of sp³-hybridized carbons (Fsp3) is 1.00. The van der Waals surface area contributed by atoms with E-state index in [1.807, 2.05) is 0 Å². The molecule has 3 rings (SSSR count). The fourth-order valence-corrected chi connectivity index (χ4v) is 5.29. The Hall–Kier alpha value is 0.230. The lowest BCUT2D eigenvalue weighted by molar-refractivity contribution is -0.149. The van der Waals surface area contributed by atoms with Crippen LogP contribution in [0.4, 0.5) is 0 Å². The minimum atomic E-state index is 0.0984. The van der Waals surface area contributed by atoms with Crippen LogP contribution in [-0.2, 0) is 9.47 Å². The second-order valence-electron chi connectivity index (χ2n) is 6.85. The Labute approximate surface area is 127 Å². The van der Waals surface area contributed by atoms with Gasteiger partial charge in [0, 0.05) is 25.9 Å². The standard InChI is InChI=1S/C16H29NO2S/c17-15(11-13-2-9-20-10-3-13)14-1-6-19-16(12-14)4-7-18-8-5-16/h13-15H,1-12,17H2. The maximum atomic E-state index is 6.58. The molecule has 2 atom stereocenters. The van der Waals surface area contributed by atoms with Gasteiger partial charge in [0.1, 0.15) is 0 Å². The first-order chi connectivity index (χ1) is 9.77. The summed E-state index contributed by atoms with van der Waals surface area (Å²) in [6.45, 7) is 2.63. The lowest BCUT2D eigenvalue weighted by Crippen LogP contribution is -2.48. The van der Waals surface area contributed by atoms with Gasteiger partial charge in [0.15, 0.2) is 0 Å². The molecule has 2 N–H and O–H groups in total. The summed E-state index contributed by atoms with van der Waals surface area (Å²) < 4.78 is 11.6. The number of thioether (sulfide) groups is 1. The van der Waals surface area contributed by atoms with E-state index >= 15 is 0 Å². The molecule has 0 aromatic carbocycles. The first-order valence-corrected chi connectivity index (χ1v) is 9.48. The van der Waals surface area contributed by atoms with Crippen LogP contribution in [0, 0.1) is 11.8 Å². The van der Waals surface area contributed by atoms with E-state index in [1.165, 1.54) is 37.2 Å². The number of nitrogens with two attached hydrogens (primary N) is 1. The summed E-state index contributed by atoms with van der Waals surface area (Å²) in [7, 11) is 0. The molecular formula is C16H29NO2S. The van der Waals surface area contributed by atoms with Gasteiger partial charge in [0.25, 0.3) is 0 Å². The fourth-order valence-electron chi connectivity index (χ4n) is 4.08. The molecule has 3 nitrogen and oxygen atoms in total. The highest BCUT2D eigenvalue weighted by Gasteiger charge is 2.40. The molecule has 3 fully saturated rings. The highest BCUT2D eigenvalue weighted by atomic mass is 32.2. The molecule has 116 valence electrons. The zero-order valence-corrected chi connectivity index (χ0v) is 13.3. The van der Waals surface area contributed by atoms with Gasteiger partial charge in [-0.3, -0.25) is 0 Å². The van der Waals surface area contributed by atoms with Crippen LogP contribution in [0.3, 0.4) is 0 Å². The Kier molecular flexibility index (Phi) is 5.29. The summed E-state index contributed by atoms with van der Waals surface area (Å²) in [5, 5.41) is 0. The molecule has 0 radical (unpaired) electrons. The largest absolute Gasteiger partial charge is 0.381 e. The van der Waals surface area contributed by atoms with E-state index < -0.39 is 0 Å². The molecule has 4 heteroatoms. The van der Waals surface area contributed by atoms with Crippen LogP contribution in [-0.4, -0.2) is 43.0 Å². The van der Waals surface area contributed by atoms with Crippen LogP contribution >= 0.6 is 11.8 Å². The Morgan fingerprint density at radius 2 is 1.85 bits per heavy atom. The van der Waals surface area contributed by atoms with Crippen molar-refractivity contribution in [1.82, 2.24) is 0 Å². The van der Waals surface area contributed by atoms with Crippen molar-refractivity contribution in [2.24, 2.45) is 17.6 Å². The summed E-state index contributed by atoms with van der Waals surface area (Å²) >= 11 is 2.10. The Balaban J connectivity index is 1.52. The van der Waals surface area contributed by atoms with Gasteiger partial charge in [-0.1, -0.05) is 0 Å². The zero-order chi connectivity index (χ0) is 13.8. The summed E-state index contributed by atoms with van der Waals surface area (Å²) in [6, 6.07) is 0.381. The number of hydrogen-bond acceptors (Lipinski definition) is 4. The van der Waals surface area contributed by atoms with Gasteiger partial charge < -0.3 is 15.2 Å². The molecular weight excluding hydrogens is 270 g/mol. The highest BCUT2D eigenvalue weighted by Crippen LogP contribution is 2.39. The van der Waals surface area contributed by atoms with E-state index in [9.17, 15) is 0 Å². The quantitative estimate of drug-likeness (QED) is 0.870.